The third kappa shape index (κ3) is 7.02. The van der Waals surface area contributed by atoms with Crippen LogP contribution in [0.3, 0.4) is 0 Å². The predicted molar refractivity (Wildman–Crippen MR) is 121 cm³/mol. The SMILES string of the molecule is C=NN(C)/C(=C/F)c1cc(NC(=O)Nc2ccc(F)cc2F)ccc1OCCCN(C)C. The van der Waals surface area contributed by atoms with Gasteiger partial charge < -0.3 is 20.3 Å². The zero-order valence-corrected chi connectivity index (χ0v) is 18.2. The van der Waals surface area contributed by atoms with Crippen molar-refractivity contribution >= 4 is 29.8 Å². The van der Waals surface area contributed by atoms with E-state index >= 15 is 0 Å². The van der Waals surface area contributed by atoms with E-state index in [-0.39, 0.29) is 17.1 Å². The Labute approximate surface area is 185 Å². The molecule has 172 valence electrons. The number of rotatable bonds is 10. The summed E-state index contributed by atoms with van der Waals surface area (Å²) in [4.78, 5) is 14.3. The molecule has 2 N–H and O–H groups in total. The van der Waals surface area contributed by atoms with Crippen molar-refractivity contribution in [3.05, 3.63) is 59.9 Å². The van der Waals surface area contributed by atoms with Gasteiger partial charge in [0, 0.05) is 37.6 Å². The first-order valence-corrected chi connectivity index (χ1v) is 9.71. The molecule has 0 fully saturated rings. The number of hydrogen-bond acceptors (Lipinski definition) is 5. The first-order chi connectivity index (χ1) is 15.2. The van der Waals surface area contributed by atoms with E-state index in [0.717, 1.165) is 25.1 Å². The second kappa shape index (κ2) is 11.8. The van der Waals surface area contributed by atoms with Crippen molar-refractivity contribution in [3.8, 4) is 5.75 Å². The van der Waals surface area contributed by atoms with Crippen LogP contribution in [0, 0.1) is 11.6 Å². The minimum Gasteiger partial charge on any atom is -0.493 e. The Morgan fingerprint density at radius 2 is 1.91 bits per heavy atom. The Morgan fingerprint density at radius 3 is 2.53 bits per heavy atom. The number of benzene rings is 2. The molecule has 0 spiro atoms. The molecular weight excluding hydrogens is 423 g/mol. The predicted octanol–water partition coefficient (Wildman–Crippen LogP) is 4.75. The number of urea groups is 1. The van der Waals surface area contributed by atoms with Gasteiger partial charge in [-0.3, -0.25) is 5.01 Å². The maximum absolute atomic E-state index is 13.8. The standard InChI is InChI=1S/C22H26F3N5O2/c1-26-30(4)20(14-23)17-13-16(7-9-21(17)32-11-5-10-29(2)3)27-22(31)28-19-8-6-15(24)12-18(19)25/h6-9,12-14H,1,5,10-11H2,2-4H3,(H2,27,28,31)/b20-14+. The van der Waals surface area contributed by atoms with E-state index in [9.17, 15) is 18.0 Å². The van der Waals surface area contributed by atoms with Gasteiger partial charge in [0.15, 0.2) is 0 Å². The molecule has 10 heteroatoms. The van der Waals surface area contributed by atoms with Crippen LogP contribution >= 0.6 is 0 Å². The Balaban J connectivity index is 2.22. The average molecular weight is 449 g/mol. The molecule has 0 aliphatic heterocycles. The highest BCUT2D eigenvalue weighted by Gasteiger charge is 2.16. The molecule has 2 aromatic rings. The maximum atomic E-state index is 13.8. The first kappa shape index (κ1) is 24.7. The highest BCUT2D eigenvalue weighted by Crippen LogP contribution is 2.31. The van der Waals surface area contributed by atoms with Crippen molar-refractivity contribution in [2.75, 3.05) is 44.9 Å². The molecule has 7 nitrogen and oxygen atoms in total. The summed E-state index contributed by atoms with van der Waals surface area (Å²) < 4.78 is 46.3. The number of hydrogen-bond donors (Lipinski definition) is 2. The molecule has 0 saturated carbocycles. The minimum atomic E-state index is -0.913. The molecule has 0 atom stereocenters. The molecule has 0 saturated heterocycles. The van der Waals surface area contributed by atoms with Crippen molar-refractivity contribution in [3.63, 3.8) is 0 Å². The smallest absolute Gasteiger partial charge is 0.323 e. The number of ether oxygens (including phenoxy) is 1. The molecular formula is C22H26F3N5O2. The Bertz CT molecular complexity index is 982. The zero-order valence-electron chi connectivity index (χ0n) is 18.2. The van der Waals surface area contributed by atoms with Gasteiger partial charge in [0.05, 0.1) is 18.0 Å². The summed E-state index contributed by atoms with van der Waals surface area (Å²) in [6.07, 6.45) is 1.11. The number of hydrazone groups is 1. The van der Waals surface area contributed by atoms with Gasteiger partial charge in [-0.15, -0.1) is 0 Å². The second-order valence-electron chi connectivity index (χ2n) is 7.08. The summed E-state index contributed by atoms with van der Waals surface area (Å²) in [6.45, 7) is 4.60. The summed E-state index contributed by atoms with van der Waals surface area (Å²) in [7, 11) is 5.41. The fraction of sp³-hybridized carbons (Fsp3) is 0.273. The topological polar surface area (TPSA) is 69.2 Å². The molecule has 0 heterocycles. The summed E-state index contributed by atoms with van der Waals surface area (Å²) >= 11 is 0. The lowest BCUT2D eigenvalue weighted by Crippen LogP contribution is -2.20. The number of amides is 2. The largest absolute Gasteiger partial charge is 0.493 e. The highest BCUT2D eigenvalue weighted by molar-refractivity contribution is 6.00. The lowest BCUT2D eigenvalue weighted by Gasteiger charge is -2.20. The molecule has 0 radical (unpaired) electrons. The lowest BCUT2D eigenvalue weighted by molar-refractivity contribution is 0.262. The minimum absolute atomic E-state index is 0.0660. The third-order valence-electron chi connectivity index (χ3n) is 4.36. The van der Waals surface area contributed by atoms with Crippen molar-refractivity contribution in [1.82, 2.24) is 9.91 Å². The Hall–Kier alpha value is -3.53. The number of nitrogens with one attached hydrogen (secondary N) is 2. The van der Waals surface area contributed by atoms with Crippen LogP contribution in [0.1, 0.15) is 12.0 Å². The molecule has 0 aromatic heterocycles. The van der Waals surface area contributed by atoms with E-state index in [2.05, 4.69) is 22.5 Å². The molecule has 0 bridgehead atoms. The van der Waals surface area contributed by atoms with Crippen LogP contribution in [0.15, 0.2) is 47.8 Å². The van der Waals surface area contributed by atoms with Crippen molar-refractivity contribution in [1.29, 1.82) is 0 Å². The highest BCUT2D eigenvalue weighted by atomic mass is 19.1. The molecule has 32 heavy (non-hydrogen) atoms. The van der Waals surface area contributed by atoms with Gasteiger partial charge in [0.25, 0.3) is 0 Å². The van der Waals surface area contributed by atoms with Crippen LogP contribution in [0.2, 0.25) is 0 Å². The summed E-state index contributed by atoms with van der Waals surface area (Å²) in [6, 6.07) is 6.66. The number of anilines is 2. The second-order valence-corrected chi connectivity index (χ2v) is 7.08. The zero-order chi connectivity index (χ0) is 23.7. The number of halogens is 3. The average Bonchev–Trinajstić information content (AvgIpc) is 2.74. The van der Waals surface area contributed by atoms with Gasteiger partial charge in [0.1, 0.15) is 23.7 Å². The number of nitrogens with zero attached hydrogens (tertiary/aromatic N) is 3. The lowest BCUT2D eigenvalue weighted by atomic mass is 10.1. The first-order valence-electron chi connectivity index (χ1n) is 9.71. The van der Waals surface area contributed by atoms with Gasteiger partial charge in [-0.05, 0) is 50.8 Å². The van der Waals surface area contributed by atoms with Gasteiger partial charge in [-0.1, -0.05) is 0 Å². The normalized spacial score (nSPS) is 11.3. The van der Waals surface area contributed by atoms with Crippen LogP contribution in [-0.4, -0.2) is 57.0 Å². The van der Waals surface area contributed by atoms with Crippen molar-refractivity contribution in [2.45, 2.75) is 6.42 Å². The van der Waals surface area contributed by atoms with E-state index in [1.54, 1.807) is 12.1 Å². The number of carbonyl (C=O) groups is 1. The van der Waals surface area contributed by atoms with Gasteiger partial charge in [-0.2, -0.15) is 5.10 Å². The van der Waals surface area contributed by atoms with Crippen LogP contribution in [-0.2, 0) is 0 Å². The third-order valence-corrected chi connectivity index (χ3v) is 4.36. The molecule has 2 rings (SSSR count). The van der Waals surface area contributed by atoms with Crippen molar-refractivity contribution < 1.29 is 22.7 Å². The van der Waals surface area contributed by atoms with Crippen LogP contribution < -0.4 is 15.4 Å². The monoisotopic (exact) mass is 449 g/mol. The summed E-state index contributed by atoms with van der Waals surface area (Å²) in [5.41, 5.74) is 0.497. The van der Waals surface area contributed by atoms with E-state index in [1.807, 2.05) is 19.0 Å². The van der Waals surface area contributed by atoms with Gasteiger partial charge >= 0.3 is 6.03 Å². The van der Waals surface area contributed by atoms with Gasteiger partial charge in [-0.25, -0.2) is 18.0 Å². The quantitative estimate of drug-likeness (QED) is 0.312. The fourth-order valence-electron chi connectivity index (χ4n) is 2.75. The summed E-state index contributed by atoms with van der Waals surface area (Å²) in [5, 5.41) is 9.75. The van der Waals surface area contributed by atoms with Crippen LogP contribution in [0.5, 0.6) is 5.75 Å². The van der Waals surface area contributed by atoms with Gasteiger partial charge in [0.2, 0.25) is 0 Å². The van der Waals surface area contributed by atoms with Crippen LogP contribution in [0.25, 0.3) is 5.70 Å². The molecule has 0 unspecified atom stereocenters. The Morgan fingerprint density at radius 1 is 1.16 bits per heavy atom. The van der Waals surface area contributed by atoms with E-state index in [1.165, 1.54) is 18.1 Å². The maximum Gasteiger partial charge on any atom is 0.323 e. The molecule has 0 aliphatic carbocycles. The van der Waals surface area contributed by atoms with E-state index in [4.69, 9.17) is 4.74 Å². The van der Waals surface area contributed by atoms with E-state index < -0.39 is 17.7 Å². The summed E-state index contributed by atoms with van der Waals surface area (Å²) in [5.74, 6) is -1.29. The van der Waals surface area contributed by atoms with Crippen molar-refractivity contribution in [2.24, 2.45) is 5.10 Å². The molecule has 0 aliphatic rings. The molecule has 2 amide bonds. The van der Waals surface area contributed by atoms with Crippen LogP contribution in [0.4, 0.5) is 29.3 Å². The van der Waals surface area contributed by atoms with E-state index in [0.29, 0.717) is 30.3 Å². The Kier molecular flexibility index (Phi) is 9.08. The molecule has 2 aromatic carbocycles. The number of carbonyl (C=O) groups excluding carboxylic acids is 1. The fourth-order valence-corrected chi connectivity index (χ4v) is 2.75.